The number of ether oxygens (including phenoxy) is 2. The van der Waals surface area contributed by atoms with Crippen LogP contribution in [0.15, 0.2) is 66.7 Å². The summed E-state index contributed by atoms with van der Waals surface area (Å²) in [6.45, 7) is 2.20. The molecule has 0 heterocycles. The van der Waals surface area contributed by atoms with Crippen LogP contribution in [0.25, 0.3) is 0 Å². The minimum Gasteiger partial charge on any atom is -0.497 e. The van der Waals surface area contributed by atoms with Gasteiger partial charge in [-0.1, -0.05) is 61.3 Å². The number of halogens is 7. The van der Waals surface area contributed by atoms with Gasteiger partial charge in [0.05, 0.1) is 13.2 Å². The van der Waals surface area contributed by atoms with E-state index in [0.29, 0.717) is 21.4 Å². The van der Waals surface area contributed by atoms with Gasteiger partial charge in [0, 0.05) is 16.5 Å². The molecule has 0 unspecified atom stereocenters. The van der Waals surface area contributed by atoms with Gasteiger partial charge in [-0.05, 0) is 72.0 Å². The molecule has 0 aliphatic carbocycles. The number of Topliss-reactive ketones (excluding diaryl/α,β-unsaturated/α-hetero) is 1. The average molecular weight is 747 g/mol. The number of ketones is 1. The number of methoxy groups -OCH3 is 1. The van der Waals surface area contributed by atoms with Crippen molar-refractivity contribution in [3.05, 3.63) is 93.5 Å². The molecule has 0 radical (unpaired) electrons. The van der Waals surface area contributed by atoms with Gasteiger partial charge in [0.25, 0.3) is 11.8 Å². The molecule has 0 aromatic heterocycles. The van der Waals surface area contributed by atoms with Gasteiger partial charge in [0.15, 0.2) is 6.10 Å². The number of amides is 3. The first-order valence-electron chi connectivity index (χ1n) is 15.0. The second-order valence-corrected chi connectivity index (χ2v) is 12.5. The van der Waals surface area contributed by atoms with Gasteiger partial charge < -0.3 is 25.4 Å². The van der Waals surface area contributed by atoms with Crippen molar-refractivity contribution < 1.29 is 50.6 Å². The van der Waals surface area contributed by atoms with Gasteiger partial charge in [0.1, 0.15) is 24.1 Å². The molecule has 0 fully saturated rings. The van der Waals surface area contributed by atoms with Crippen LogP contribution in [0.1, 0.15) is 36.6 Å². The van der Waals surface area contributed by atoms with E-state index in [1.165, 1.54) is 51.3 Å². The molecule has 50 heavy (non-hydrogen) atoms. The Bertz CT molecular complexity index is 1670. The number of carbonyl (C=O) groups excluding carboxylic acids is 4. The number of alkyl halides is 5. The number of hydrogen-bond acceptors (Lipinski definition) is 6. The van der Waals surface area contributed by atoms with Gasteiger partial charge in [0.2, 0.25) is 11.7 Å². The third-order valence-electron chi connectivity index (χ3n) is 7.19. The molecule has 3 aromatic carbocycles. The Morgan fingerprint density at radius 3 is 2.04 bits per heavy atom. The molecular formula is C34H34Cl2F5N3O6. The summed E-state index contributed by atoms with van der Waals surface area (Å²) in [4.78, 5) is 52.6. The van der Waals surface area contributed by atoms with E-state index in [9.17, 15) is 41.1 Å². The number of benzene rings is 3. The lowest BCUT2D eigenvalue weighted by atomic mass is 9.94. The van der Waals surface area contributed by atoms with Crippen molar-refractivity contribution in [2.45, 2.75) is 57.5 Å². The van der Waals surface area contributed by atoms with E-state index >= 15 is 0 Å². The van der Waals surface area contributed by atoms with E-state index in [-0.39, 0.29) is 17.7 Å². The summed E-state index contributed by atoms with van der Waals surface area (Å²) in [5.74, 6) is -12.1. The Morgan fingerprint density at radius 1 is 0.820 bits per heavy atom. The van der Waals surface area contributed by atoms with Crippen LogP contribution in [0.2, 0.25) is 10.0 Å². The summed E-state index contributed by atoms with van der Waals surface area (Å²) in [5.41, 5.74) is 1.43. The lowest BCUT2D eigenvalue weighted by Crippen LogP contribution is -2.58. The summed E-state index contributed by atoms with van der Waals surface area (Å²) < 4.78 is 78.6. The van der Waals surface area contributed by atoms with Crippen LogP contribution in [-0.2, 0) is 25.6 Å². The SMILES string of the molecule is COc1ccc([C@H](NC(=O)[C@@H](Cc2cccc(Cl)c2)Oc2cc(C)cc(Cl)c2)C(=O)N[C@H](C(=O)C(F)(F)C(=O)NCC(F)(F)F)C(C)C)cc1. The van der Waals surface area contributed by atoms with E-state index < -0.39 is 66.3 Å². The van der Waals surface area contributed by atoms with E-state index in [1.54, 1.807) is 43.3 Å². The maximum atomic E-state index is 14.9. The Labute approximate surface area is 294 Å². The first kappa shape index (κ1) is 40.0. The van der Waals surface area contributed by atoms with Gasteiger partial charge >= 0.3 is 12.1 Å². The molecule has 3 rings (SSSR count). The highest BCUT2D eigenvalue weighted by atomic mass is 35.5. The van der Waals surface area contributed by atoms with Crippen LogP contribution in [0.5, 0.6) is 11.5 Å². The quantitative estimate of drug-likeness (QED) is 0.126. The normalized spacial score (nSPS) is 13.5. The summed E-state index contributed by atoms with van der Waals surface area (Å²) >= 11 is 12.3. The Hall–Kier alpha value is -4.43. The van der Waals surface area contributed by atoms with Gasteiger partial charge in [-0.2, -0.15) is 22.0 Å². The Kier molecular flexibility index (Phi) is 13.6. The maximum absolute atomic E-state index is 14.9. The fourth-order valence-corrected chi connectivity index (χ4v) is 5.20. The van der Waals surface area contributed by atoms with Crippen molar-refractivity contribution in [2.75, 3.05) is 13.7 Å². The van der Waals surface area contributed by atoms with Crippen molar-refractivity contribution in [3.63, 3.8) is 0 Å². The highest BCUT2D eigenvalue weighted by Crippen LogP contribution is 2.26. The number of aryl methyl sites for hydroxylation is 1. The summed E-state index contributed by atoms with van der Waals surface area (Å²) in [6, 6.07) is 13.4. The predicted molar refractivity (Wildman–Crippen MR) is 175 cm³/mol. The molecule has 3 atom stereocenters. The lowest BCUT2D eigenvalue weighted by molar-refractivity contribution is -0.165. The maximum Gasteiger partial charge on any atom is 0.405 e. The summed E-state index contributed by atoms with van der Waals surface area (Å²) in [7, 11) is 1.39. The molecule has 3 N–H and O–H groups in total. The molecule has 9 nitrogen and oxygen atoms in total. The minimum atomic E-state index is -5.02. The fourth-order valence-electron chi connectivity index (χ4n) is 4.70. The van der Waals surface area contributed by atoms with Crippen molar-refractivity contribution in [1.82, 2.24) is 16.0 Å². The summed E-state index contributed by atoms with van der Waals surface area (Å²) in [5, 5.41) is 6.40. The van der Waals surface area contributed by atoms with Gasteiger partial charge in [-0.15, -0.1) is 0 Å². The number of carbonyl (C=O) groups is 4. The standard InChI is InChI=1S/C34H34Cl2F5N3O6/c1-18(2)27(29(45)34(40,41)32(48)42-17-33(37,38)39)43-31(47)28(21-8-10-24(49-4)11-9-21)44-30(46)26(15-20-6-5-7-22(35)14-20)50-25-13-19(3)12-23(36)16-25/h5-14,16,18,26-28H,15,17H2,1-4H3,(H,42,48)(H,43,47)(H,44,46)/t26-,27+,28+/m1/s1. The zero-order valence-electron chi connectivity index (χ0n) is 27.2. The Morgan fingerprint density at radius 2 is 1.48 bits per heavy atom. The van der Waals surface area contributed by atoms with E-state index in [1.807, 2.05) is 0 Å². The summed E-state index contributed by atoms with van der Waals surface area (Å²) in [6.07, 6.45) is -6.39. The molecule has 3 amide bonds. The molecule has 270 valence electrons. The predicted octanol–water partition coefficient (Wildman–Crippen LogP) is 6.18. The van der Waals surface area contributed by atoms with Crippen molar-refractivity contribution in [1.29, 1.82) is 0 Å². The van der Waals surface area contributed by atoms with Gasteiger partial charge in [-0.3, -0.25) is 19.2 Å². The topological polar surface area (TPSA) is 123 Å². The first-order valence-corrected chi connectivity index (χ1v) is 15.8. The molecule has 0 spiro atoms. The van der Waals surface area contributed by atoms with Crippen LogP contribution in [0.3, 0.4) is 0 Å². The molecule has 0 bridgehead atoms. The Balaban J connectivity index is 1.97. The smallest absolute Gasteiger partial charge is 0.405 e. The van der Waals surface area contributed by atoms with Crippen molar-refractivity contribution in [2.24, 2.45) is 5.92 Å². The number of nitrogens with one attached hydrogen (secondary N) is 3. The second-order valence-electron chi connectivity index (χ2n) is 11.6. The second kappa shape index (κ2) is 17.0. The van der Waals surface area contributed by atoms with Gasteiger partial charge in [-0.25, -0.2) is 0 Å². The highest BCUT2D eigenvalue weighted by Gasteiger charge is 2.52. The zero-order chi connectivity index (χ0) is 37.4. The molecule has 3 aromatic rings. The van der Waals surface area contributed by atoms with Crippen molar-refractivity contribution >= 4 is 46.7 Å². The van der Waals surface area contributed by atoms with E-state index in [0.717, 1.165) is 10.9 Å². The van der Waals surface area contributed by atoms with Crippen LogP contribution in [-0.4, -0.2) is 61.4 Å². The fraction of sp³-hybridized carbons (Fsp3) is 0.353. The minimum absolute atomic E-state index is 0.0543. The number of hydrogen-bond donors (Lipinski definition) is 3. The highest BCUT2D eigenvalue weighted by molar-refractivity contribution is 6.31. The van der Waals surface area contributed by atoms with Crippen LogP contribution < -0.4 is 25.4 Å². The average Bonchev–Trinajstić information content (AvgIpc) is 3.03. The van der Waals surface area contributed by atoms with Crippen LogP contribution >= 0.6 is 23.2 Å². The first-order chi connectivity index (χ1) is 23.3. The van der Waals surface area contributed by atoms with E-state index in [2.05, 4.69) is 10.6 Å². The largest absolute Gasteiger partial charge is 0.497 e. The molecule has 0 aliphatic heterocycles. The monoisotopic (exact) mass is 745 g/mol. The molecule has 0 saturated carbocycles. The van der Waals surface area contributed by atoms with Crippen LogP contribution in [0.4, 0.5) is 22.0 Å². The lowest BCUT2D eigenvalue weighted by Gasteiger charge is -2.28. The zero-order valence-corrected chi connectivity index (χ0v) is 28.7. The third-order valence-corrected chi connectivity index (χ3v) is 7.64. The van der Waals surface area contributed by atoms with Crippen molar-refractivity contribution in [3.8, 4) is 11.5 Å². The van der Waals surface area contributed by atoms with E-state index in [4.69, 9.17) is 32.7 Å². The number of rotatable bonds is 15. The third kappa shape index (κ3) is 11.3. The molecule has 0 saturated heterocycles. The molecule has 0 aliphatic rings. The van der Waals surface area contributed by atoms with Crippen LogP contribution in [0, 0.1) is 12.8 Å². The molecule has 16 heteroatoms. The molecular weight excluding hydrogens is 712 g/mol.